The first-order valence-electron chi connectivity index (χ1n) is 4.09. The van der Waals surface area contributed by atoms with Crippen molar-refractivity contribution in [3.63, 3.8) is 0 Å². The van der Waals surface area contributed by atoms with Gasteiger partial charge in [0.15, 0.2) is 0 Å². The van der Waals surface area contributed by atoms with Gasteiger partial charge in [-0.05, 0) is 34.7 Å². The highest BCUT2D eigenvalue weighted by atomic mass is 16.2. The Hall–Kier alpha value is -2.44. The first-order chi connectivity index (χ1) is 7.18. The van der Waals surface area contributed by atoms with E-state index < -0.39 is 11.6 Å². The van der Waals surface area contributed by atoms with Crippen LogP contribution in [0.25, 0.3) is 5.69 Å². The Morgan fingerprint density at radius 3 is 2.47 bits per heavy atom. The number of nitrogens with two attached hydrogens (primary N) is 1. The number of nitrogens with one attached hydrogen (secondary N) is 1. The number of nitrogens with zero attached hydrogens (tertiary/aromatic N) is 3. The summed E-state index contributed by atoms with van der Waals surface area (Å²) >= 11 is 0. The van der Waals surface area contributed by atoms with Crippen molar-refractivity contribution in [2.75, 3.05) is 0 Å². The maximum atomic E-state index is 11.1. The van der Waals surface area contributed by atoms with Crippen molar-refractivity contribution in [3.8, 4) is 5.69 Å². The van der Waals surface area contributed by atoms with Crippen LogP contribution in [0.1, 0.15) is 10.4 Å². The van der Waals surface area contributed by atoms with E-state index in [1.54, 1.807) is 12.1 Å². The topological polar surface area (TPSA) is 107 Å². The van der Waals surface area contributed by atoms with Crippen LogP contribution in [-0.4, -0.2) is 26.1 Å². The van der Waals surface area contributed by atoms with E-state index in [0.29, 0.717) is 11.3 Å². The summed E-state index contributed by atoms with van der Waals surface area (Å²) in [6, 6.07) is 6.14. The molecule has 0 unspecified atom stereocenters. The summed E-state index contributed by atoms with van der Waals surface area (Å²) in [5, 5.41) is 9.04. The molecule has 0 aliphatic carbocycles. The molecule has 0 aliphatic rings. The maximum absolute atomic E-state index is 11.1. The zero-order valence-corrected chi connectivity index (χ0v) is 7.54. The Bertz CT molecular complexity index is 539. The van der Waals surface area contributed by atoms with Crippen LogP contribution in [0.5, 0.6) is 0 Å². The van der Waals surface area contributed by atoms with E-state index in [9.17, 15) is 9.59 Å². The summed E-state index contributed by atoms with van der Waals surface area (Å²) in [4.78, 5) is 21.9. The molecule has 0 bridgehead atoms. The van der Waals surface area contributed by atoms with Gasteiger partial charge in [-0.15, -0.1) is 0 Å². The molecule has 0 radical (unpaired) electrons. The fourth-order valence-electron chi connectivity index (χ4n) is 1.13. The minimum absolute atomic E-state index is 0.371. The maximum Gasteiger partial charge on any atom is 0.365 e. The highest BCUT2D eigenvalue weighted by Gasteiger charge is 2.04. The fraction of sp³-hybridized carbons (Fsp3) is 0. The molecule has 76 valence electrons. The average Bonchev–Trinajstić information content (AvgIpc) is 2.65. The number of rotatable bonds is 2. The largest absolute Gasteiger partial charge is 0.366 e. The molecule has 1 aromatic heterocycles. The van der Waals surface area contributed by atoms with Gasteiger partial charge in [-0.3, -0.25) is 4.79 Å². The van der Waals surface area contributed by atoms with Crippen molar-refractivity contribution >= 4 is 5.91 Å². The van der Waals surface area contributed by atoms with Crippen molar-refractivity contribution in [2.45, 2.75) is 0 Å². The molecule has 7 nitrogen and oxygen atoms in total. The van der Waals surface area contributed by atoms with E-state index in [-0.39, 0.29) is 0 Å². The molecule has 0 spiro atoms. The zero-order chi connectivity index (χ0) is 10.8. The molecule has 0 fully saturated rings. The molecule has 2 rings (SSSR count). The first kappa shape index (κ1) is 9.13. The number of carbonyl (C=O) groups is 1. The minimum Gasteiger partial charge on any atom is -0.366 e. The minimum atomic E-state index is -0.519. The normalized spacial score (nSPS) is 10.1. The van der Waals surface area contributed by atoms with Gasteiger partial charge in [0.1, 0.15) is 0 Å². The Kier molecular flexibility index (Phi) is 2.05. The van der Waals surface area contributed by atoms with Crippen molar-refractivity contribution in [3.05, 3.63) is 40.3 Å². The smallest absolute Gasteiger partial charge is 0.365 e. The third-order valence-electron chi connectivity index (χ3n) is 1.87. The van der Waals surface area contributed by atoms with Gasteiger partial charge in [0, 0.05) is 5.56 Å². The van der Waals surface area contributed by atoms with Crippen molar-refractivity contribution in [2.24, 2.45) is 5.73 Å². The number of tetrazole rings is 1. The van der Waals surface area contributed by atoms with Crippen LogP contribution in [0.4, 0.5) is 0 Å². The number of aromatic amines is 1. The lowest BCUT2D eigenvalue weighted by atomic mass is 10.2. The number of benzene rings is 1. The number of hydrogen-bond acceptors (Lipinski definition) is 4. The molecule has 0 atom stereocenters. The van der Waals surface area contributed by atoms with Crippen molar-refractivity contribution in [1.29, 1.82) is 0 Å². The molecule has 0 saturated carbocycles. The SMILES string of the molecule is NC(=O)c1ccc(-n2nn[nH]c2=O)cc1. The summed E-state index contributed by atoms with van der Waals surface area (Å²) < 4.78 is 1.07. The van der Waals surface area contributed by atoms with E-state index in [2.05, 4.69) is 15.5 Å². The van der Waals surface area contributed by atoms with E-state index in [4.69, 9.17) is 5.73 Å². The Balaban J connectivity index is 2.44. The lowest BCUT2D eigenvalue weighted by molar-refractivity contribution is 0.100. The Morgan fingerprint density at radius 2 is 2.00 bits per heavy atom. The molecule has 1 heterocycles. The third-order valence-corrected chi connectivity index (χ3v) is 1.87. The second kappa shape index (κ2) is 3.37. The summed E-state index contributed by atoms with van der Waals surface area (Å²) in [6.45, 7) is 0. The van der Waals surface area contributed by atoms with E-state index in [1.165, 1.54) is 12.1 Å². The number of carbonyl (C=O) groups excluding carboxylic acids is 1. The number of hydrogen-bond donors (Lipinski definition) is 2. The second-order valence-electron chi connectivity index (χ2n) is 2.83. The zero-order valence-electron chi connectivity index (χ0n) is 7.54. The van der Waals surface area contributed by atoms with Crippen LogP contribution < -0.4 is 11.4 Å². The molecule has 1 aromatic carbocycles. The van der Waals surface area contributed by atoms with E-state index in [1.807, 2.05) is 0 Å². The quantitative estimate of drug-likeness (QED) is 0.659. The van der Waals surface area contributed by atoms with Crippen molar-refractivity contribution < 1.29 is 4.79 Å². The second-order valence-corrected chi connectivity index (χ2v) is 2.83. The highest BCUT2D eigenvalue weighted by molar-refractivity contribution is 5.92. The lowest BCUT2D eigenvalue weighted by Gasteiger charge is -1.98. The molecule has 0 aliphatic heterocycles. The summed E-state index contributed by atoms with van der Waals surface area (Å²) in [5.41, 5.74) is 5.51. The molecular formula is C8H7N5O2. The number of amides is 1. The molecule has 7 heteroatoms. The van der Waals surface area contributed by atoms with Crippen LogP contribution in [0.15, 0.2) is 29.1 Å². The van der Waals surface area contributed by atoms with Gasteiger partial charge in [-0.25, -0.2) is 9.89 Å². The lowest BCUT2D eigenvalue weighted by Crippen LogP contribution is -2.16. The van der Waals surface area contributed by atoms with Crippen LogP contribution in [0.3, 0.4) is 0 Å². The van der Waals surface area contributed by atoms with Gasteiger partial charge in [0.2, 0.25) is 5.91 Å². The molecule has 0 saturated heterocycles. The summed E-state index contributed by atoms with van der Waals surface area (Å²) in [7, 11) is 0. The Labute approximate surface area is 83.5 Å². The number of H-pyrrole nitrogens is 1. The van der Waals surface area contributed by atoms with Gasteiger partial charge in [0.05, 0.1) is 5.69 Å². The van der Waals surface area contributed by atoms with Gasteiger partial charge in [-0.2, -0.15) is 4.68 Å². The predicted molar refractivity (Wildman–Crippen MR) is 50.5 cm³/mol. The van der Waals surface area contributed by atoms with Crippen LogP contribution in [0.2, 0.25) is 0 Å². The van der Waals surface area contributed by atoms with Gasteiger partial charge >= 0.3 is 5.69 Å². The van der Waals surface area contributed by atoms with Crippen molar-refractivity contribution in [1.82, 2.24) is 20.2 Å². The van der Waals surface area contributed by atoms with Gasteiger partial charge in [0.25, 0.3) is 0 Å². The fourth-order valence-corrected chi connectivity index (χ4v) is 1.13. The molecule has 15 heavy (non-hydrogen) atoms. The van der Waals surface area contributed by atoms with Crippen LogP contribution >= 0.6 is 0 Å². The number of aromatic nitrogens is 4. The molecule has 3 N–H and O–H groups in total. The molecular weight excluding hydrogens is 198 g/mol. The van der Waals surface area contributed by atoms with Gasteiger partial charge in [-0.1, -0.05) is 0 Å². The highest BCUT2D eigenvalue weighted by Crippen LogP contribution is 2.05. The molecule has 1 amide bonds. The van der Waals surface area contributed by atoms with E-state index >= 15 is 0 Å². The number of primary amides is 1. The third kappa shape index (κ3) is 1.62. The first-order valence-corrected chi connectivity index (χ1v) is 4.09. The van der Waals surface area contributed by atoms with Gasteiger partial charge < -0.3 is 5.73 Å². The summed E-state index contributed by atoms with van der Waals surface area (Å²) in [5.74, 6) is -0.519. The monoisotopic (exact) mass is 205 g/mol. The average molecular weight is 205 g/mol. The standard InChI is InChI=1S/C8H7N5O2/c9-7(14)5-1-3-6(4-2-5)13-8(15)10-11-12-13/h1-4H,(H2,9,14)(H,10,12,15). The molecule has 2 aromatic rings. The summed E-state index contributed by atoms with van der Waals surface area (Å²) in [6.07, 6.45) is 0. The van der Waals surface area contributed by atoms with Crippen LogP contribution in [0, 0.1) is 0 Å². The Morgan fingerprint density at radius 1 is 1.33 bits per heavy atom. The van der Waals surface area contributed by atoms with E-state index in [0.717, 1.165) is 4.68 Å². The predicted octanol–water partition coefficient (Wildman–Crippen LogP) is -0.946. The van der Waals surface area contributed by atoms with Crippen LogP contribution in [-0.2, 0) is 0 Å².